The molecular formula is C8H15N3O. The van der Waals surface area contributed by atoms with E-state index in [-0.39, 0.29) is 18.2 Å². The minimum Gasteiger partial charge on any atom is -0.311 e. The molecule has 4 nitrogen and oxygen atoms in total. The number of nitrogens with zero attached hydrogens (tertiary/aromatic N) is 1. The van der Waals surface area contributed by atoms with Crippen LogP contribution in [0.1, 0.15) is 20.3 Å². The highest BCUT2D eigenvalue weighted by Crippen LogP contribution is 2.17. The quantitative estimate of drug-likeness (QED) is 0.512. The first-order valence-corrected chi connectivity index (χ1v) is 4.49. The van der Waals surface area contributed by atoms with Crippen LogP contribution in [0, 0.1) is 0 Å². The van der Waals surface area contributed by atoms with Crippen LogP contribution in [0.5, 0.6) is 0 Å². The second-order valence-corrected chi connectivity index (χ2v) is 3.67. The van der Waals surface area contributed by atoms with E-state index in [0.29, 0.717) is 12.5 Å². The van der Waals surface area contributed by atoms with E-state index in [4.69, 9.17) is 0 Å². The number of nitrogens with one attached hydrogen (secondary N) is 2. The van der Waals surface area contributed by atoms with Gasteiger partial charge < -0.3 is 4.90 Å². The zero-order chi connectivity index (χ0) is 8.72. The molecule has 2 aliphatic rings. The number of hydrogen-bond acceptors (Lipinski definition) is 3. The van der Waals surface area contributed by atoms with Crippen molar-refractivity contribution >= 4 is 5.91 Å². The Kier molecular flexibility index (Phi) is 1.81. The predicted octanol–water partition coefficient (Wildman–Crippen LogP) is -0.528. The number of carbonyl (C=O) groups is 1. The summed E-state index contributed by atoms with van der Waals surface area (Å²) in [5.74, 6) is 0.267. The van der Waals surface area contributed by atoms with Gasteiger partial charge in [0.15, 0.2) is 0 Å². The topological polar surface area (TPSA) is 44.4 Å². The Bertz CT molecular complexity index is 206. The third-order valence-corrected chi connectivity index (χ3v) is 2.61. The molecule has 0 aliphatic carbocycles. The minimum absolute atomic E-state index is 0.197. The smallest absolute Gasteiger partial charge is 0.226 e. The zero-order valence-electron chi connectivity index (χ0n) is 7.50. The summed E-state index contributed by atoms with van der Waals surface area (Å²) in [5, 5.41) is 6.64. The molecule has 0 aromatic heterocycles. The van der Waals surface area contributed by atoms with Crippen molar-refractivity contribution in [2.24, 2.45) is 0 Å². The van der Waals surface area contributed by atoms with E-state index in [1.165, 1.54) is 0 Å². The van der Waals surface area contributed by atoms with Crippen molar-refractivity contribution in [3.63, 3.8) is 0 Å². The summed E-state index contributed by atoms with van der Waals surface area (Å²) in [5.41, 5.74) is 0. The molecule has 0 radical (unpaired) electrons. The van der Waals surface area contributed by atoms with Gasteiger partial charge in [-0.2, -0.15) is 0 Å². The number of hydrogen-bond donors (Lipinski definition) is 2. The van der Waals surface area contributed by atoms with Gasteiger partial charge in [0.2, 0.25) is 5.91 Å². The van der Waals surface area contributed by atoms with E-state index in [2.05, 4.69) is 17.6 Å². The predicted molar refractivity (Wildman–Crippen MR) is 45.3 cm³/mol. The first-order chi connectivity index (χ1) is 5.68. The third kappa shape index (κ3) is 1.11. The molecule has 2 fully saturated rings. The average molecular weight is 169 g/mol. The molecule has 12 heavy (non-hydrogen) atoms. The maximum Gasteiger partial charge on any atom is 0.226 e. The van der Waals surface area contributed by atoms with Gasteiger partial charge in [0.1, 0.15) is 0 Å². The van der Waals surface area contributed by atoms with Gasteiger partial charge in [-0.3, -0.25) is 15.4 Å². The van der Waals surface area contributed by atoms with Crippen molar-refractivity contribution < 1.29 is 4.79 Å². The molecule has 2 rings (SSSR count). The minimum atomic E-state index is 0.197. The molecule has 3 unspecified atom stereocenters. The van der Waals surface area contributed by atoms with Crippen LogP contribution in [0.15, 0.2) is 0 Å². The van der Waals surface area contributed by atoms with Crippen LogP contribution in [0.4, 0.5) is 0 Å². The van der Waals surface area contributed by atoms with Crippen molar-refractivity contribution in [2.45, 2.75) is 38.6 Å². The Morgan fingerprint density at radius 2 is 2.25 bits per heavy atom. The Balaban J connectivity index is 2.14. The largest absolute Gasteiger partial charge is 0.311 e. The molecule has 0 aromatic carbocycles. The molecule has 0 aromatic rings. The van der Waals surface area contributed by atoms with Gasteiger partial charge >= 0.3 is 0 Å². The van der Waals surface area contributed by atoms with Crippen LogP contribution >= 0.6 is 0 Å². The van der Waals surface area contributed by atoms with E-state index in [9.17, 15) is 4.79 Å². The fourth-order valence-corrected chi connectivity index (χ4v) is 2.03. The highest BCUT2D eigenvalue weighted by Gasteiger charge is 2.38. The molecule has 0 saturated carbocycles. The Morgan fingerprint density at radius 1 is 1.50 bits per heavy atom. The Labute approximate surface area is 72.3 Å². The zero-order valence-corrected chi connectivity index (χ0v) is 7.50. The Morgan fingerprint density at radius 3 is 3.00 bits per heavy atom. The van der Waals surface area contributed by atoms with Gasteiger partial charge in [-0.25, -0.2) is 0 Å². The molecule has 4 heteroatoms. The summed E-state index contributed by atoms with van der Waals surface area (Å²) in [4.78, 5) is 13.4. The van der Waals surface area contributed by atoms with E-state index in [1.54, 1.807) is 0 Å². The average Bonchev–Trinajstić information content (AvgIpc) is 2.31. The molecular weight excluding hydrogens is 154 g/mol. The van der Waals surface area contributed by atoms with Crippen LogP contribution in [0.25, 0.3) is 0 Å². The summed E-state index contributed by atoms with van der Waals surface area (Å²) >= 11 is 0. The highest BCUT2D eigenvalue weighted by molar-refractivity contribution is 5.78. The first-order valence-electron chi connectivity index (χ1n) is 4.49. The van der Waals surface area contributed by atoms with Crippen molar-refractivity contribution in [1.82, 2.24) is 15.5 Å². The third-order valence-electron chi connectivity index (χ3n) is 2.61. The maximum atomic E-state index is 11.5. The van der Waals surface area contributed by atoms with Gasteiger partial charge in [0.05, 0.1) is 12.3 Å². The molecule has 3 atom stereocenters. The fourth-order valence-electron chi connectivity index (χ4n) is 2.03. The summed E-state index contributed by atoms with van der Waals surface area (Å²) in [6.45, 7) is 4.95. The molecule has 0 bridgehead atoms. The fraction of sp³-hybridized carbons (Fsp3) is 0.875. The number of fused-ring (bicyclic) bond motifs is 1. The lowest BCUT2D eigenvalue weighted by atomic mass is 10.1. The van der Waals surface area contributed by atoms with E-state index < -0.39 is 0 Å². The van der Waals surface area contributed by atoms with E-state index >= 15 is 0 Å². The molecule has 2 N–H and O–H groups in total. The van der Waals surface area contributed by atoms with Crippen LogP contribution < -0.4 is 10.6 Å². The van der Waals surface area contributed by atoms with Gasteiger partial charge in [0, 0.05) is 19.0 Å². The molecule has 2 saturated heterocycles. The Hall–Kier alpha value is -0.610. The summed E-state index contributed by atoms with van der Waals surface area (Å²) in [6.07, 6.45) is 1.04. The van der Waals surface area contributed by atoms with Gasteiger partial charge in [-0.1, -0.05) is 0 Å². The normalized spacial score (nSPS) is 41.7. The molecule has 0 spiro atoms. The molecule has 1 amide bonds. The van der Waals surface area contributed by atoms with E-state index in [1.807, 2.05) is 11.8 Å². The number of amides is 1. The van der Waals surface area contributed by atoms with Crippen molar-refractivity contribution in [1.29, 1.82) is 0 Å². The van der Waals surface area contributed by atoms with Gasteiger partial charge in [0.25, 0.3) is 0 Å². The second kappa shape index (κ2) is 2.71. The maximum absolute atomic E-state index is 11.5. The SMILES string of the molecule is CC1CC(=O)N2C(C)NCC2N1. The lowest BCUT2D eigenvalue weighted by Crippen LogP contribution is -2.57. The van der Waals surface area contributed by atoms with Gasteiger partial charge in [-0.15, -0.1) is 0 Å². The van der Waals surface area contributed by atoms with Crippen molar-refractivity contribution in [3.8, 4) is 0 Å². The molecule has 2 aliphatic heterocycles. The summed E-state index contributed by atoms with van der Waals surface area (Å²) in [7, 11) is 0. The van der Waals surface area contributed by atoms with Crippen LogP contribution in [-0.2, 0) is 4.79 Å². The van der Waals surface area contributed by atoms with Crippen LogP contribution in [0.2, 0.25) is 0 Å². The van der Waals surface area contributed by atoms with Crippen molar-refractivity contribution in [2.75, 3.05) is 6.54 Å². The number of rotatable bonds is 0. The van der Waals surface area contributed by atoms with Crippen molar-refractivity contribution in [3.05, 3.63) is 0 Å². The second-order valence-electron chi connectivity index (χ2n) is 3.67. The monoisotopic (exact) mass is 169 g/mol. The summed E-state index contributed by atoms with van der Waals surface area (Å²) in [6, 6.07) is 0.325. The lowest BCUT2D eigenvalue weighted by molar-refractivity contribution is -0.138. The standard InChI is InChI=1S/C8H15N3O/c1-5-3-8(12)11-6(2)9-4-7(11)10-5/h5-7,9-10H,3-4H2,1-2H3. The first kappa shape index (κ1) is 8.01. The van der Waals surface area contributed by atoms with Gasteiger partial charge in [-0.05, 0) is 13.8 Å². The molecule has 68 valence electrons. The lowest BCUT2D eigenvalue weighted by Gasteiger charge is -2.35. The summed E-state index contributed by atoms with van der Waals surface area (Å²) < 4.78 is 0. The van der Waals surface area contributed by atoms with Crippen LogP contribution in [0.3, 0.4) is 0 Å². The highest BCUT2D eigenvalue weighted by atomic mass is 16.2. The molecule has 2 heterocycles. The number of carbonyl (C=O) groups excluding carboxylic acids is 1. The van der Waals surface area contributed by atoms with E-state index in [0.717, 1.165) is 6.54 Å². The van der Waals surface area contributed by atoms with Crippen LogP contribution in [-0.4, -0.2) is 35.7 Å².